The topological polar surface area (TPSA) is 53.3 Å². The van der Waals surface area contributed by atoms with Gasteiger partial charge in [-0.3, -0.25) is 4.79 Å². The van der Waals surface area contributed by atoms with Crippen molar-refractivity contribution in [2.75, 3.05) is 19.7 Å². The molecule has 1 aromatic rings. The minimum atomic E-state index is -0.0456. The molecule has 0 fully saturated rings. The van der Waals surface area contributed by atoms with Crippen LogP contribution in [0.5, 0.6) is 5.75 Å². The molecule has 0 aliphatic carbocycles. The molecule has 0 spiro atoms. The Morgan fingerprint density at radius 3 is 2.50 bits per heavy atom. The van der Waals surface area contributed by atoms with E-state index in [2.05, 4.69) is 6.07 Å². The van der Waals surface area contributed by atoms with Crippen LogP contribution in [0, 0.1) is 11.3 Å². The molecule has 18 heavy (non-hydrogen) atoms. The first kappa shape index (κ1) is 14.0. The molecule has 1 aromatic carbocycles. The maximum Gasteiger partial charge on any atom is 0.253 e. The van der Waals surface area contributed by atoms with Gasteiger partial charge in [-0.1, -0.05) is 0 Å². The van der Waals surface area contributed by atoms with E-state index >= 15 is 0 Å². The van der Waals surface area contributed by atoms with Crippen molar-refractivity contribution in [3.63, 3.8) is 0 Å². The van der Waals surface area contributed by atoms with E-state index in [1.807, 2.05) is 13.8 Å². The number of rotatable bonds is 6. The third-order valence-electron chi connectivity index (χ3n) is 2.57. The van der Waals surface area contributed by atoms with Gasteiger partial charge in [-0.25, -0.2) is 0 Å². The van der Waals surface area contributed by atoms with E-state index in [0.29, 0.717) is 31.7 Å². The maximum atomic E-state index is 12.1. The van der Waals surface area contributed by atoms with Gasteiger partial charge in [-0.2, -0.15) is 5.26 Å². The van der Waals surface area contributed by atoms with Crippen molar-refractivity contribution in [2.45, 2.75) is 20.3 Å². The molecular formula is C14H18N2O2. The summed E-state index contributed by atoms with van der Waals surface area (Å²) in [5.74, 6) is 0.713. The fourth-order valence-corrected chi connectivity index (χ4v) is 1.63. The maximum absolute atomic E-state index is 12.1. The number of benzene rings is 1. The van der Waals surface area contributed by atoms with Crippen molar-refractivity contribution >= 4 is 5.91 Å². The van der Waals surface area contributed by atoms with Gasteiger partial charge in [0.05, 0.1) is 19.1 Å². The van der Waals surface area contributed by atoms with E-state index in [1.54, 1.807) is 29.2 Å². The highest BCUT2D eigenvalue weighted by molar-refractivity contribution is 5.94. The van der Waals surface area contributed by atoms with Crippen LogP contribution in [0.3, 0.4) is 0 Å². The molecule has 0 unspecified atom stereocenters. The second-order valence-corrected chi connectivity index (χ2v) is 3.75. The lowest BCUT2D eigenvalue weighted by Gasteiger charge is -2.19. The highest BCUT2D eigenvalue weighted by atomic mass is 16.5. The summed E-state index contributed by atoms with van der Waals surface area (Å²) in [7, 11) is 0. The van der Waals surface area contributed by atoms with Crippen molar-refractivity contribution in [1.29, 1.82) is 5.26 Å². The zero-order chi connectivity index (χ0) is 13.4. The zero-order valence-electron chi connectivity index (χ0n) is 10.8. The molecule has 4 heteroatoms. The Morgan fingerprint density at radius 2 is 2.00 bits per heavy atom. The molecule has 0 atom stereocenters. The van der Waals surface area contributed by atoms with Crippen LogP contribution >= 0.6 is 0 Å². The summed E-state index contributed by atoms with van der Waals surface area (Å²) >= 11 is 0. The van der Waals surface area contributed by atoms with Crippen molar-refractivity contribution in [3.8, 4) is 11.8 Å². The van der Waals surface area contributed by atoms with Crippen LogP contribution in [0.15, 0.2) is 24.3 Å². The standard InChI is InChI=1S/C14H18N2O2/c1-3-16(11-5-10-15)14(17)12-6-8-13(9-7-12)18-4-2/h6-9H,3-5,11H2,1-2H3. The fraction of sp³-hybridized carbons (Fsp3) is 0.429. The van der Waals surface area contributed by atoms with Crippen LogP contribution in [0.1, 0.15) is 30.6 Å². The quantitative estimate of drug-likeness (QED) is 0.774. The Balaban J connectivity index is 2.73. The highest BCUT2D eigenvalue weighted by Crippen LogP contribution is 2.13. The first-order chi connectivity index (χ1) is 8.72. The zero-order valence-corrected chi connectivity index (χ0v) is 10.8. The fourth-order valence-electron chi connectivity index (χ4n) is 1.63. The minimum absolute atomic E-state index is 0.0456. The third kappa shape index (κ3) is 3.77. The molecule has 0 radical (unpaired) electrons. The van der Waals surface area contributed by atoms with Gasteiger partial charge >= 0.3 is 0 Å². The van der Waals surface area contributed by atoms with Crippen LogP contribution in [0.25, 0.3) is 0 Å². The van der Waals surface area contributed by atoms with Crippen LogP contribution < -0.4 is 4.74 Å². The van der Waals surface area contributed by atoms with Crippen LogP contribution in [-0.4, -0.2) is 30.5 Å². The Labute approximate surface area is 108 Å². The molecule has 0 aromatic heterocycles. The first-order valence-corrected chi connectivity index (χ1v) is 6.12. The monoisotopic (exact) mass is 246 g/mol. The van der Waals surface area contributed by atoms with Gasteiger partial charge in [0.2, 0.25) is 0 Å². The largest absolute Gasteiger partial charge is 0.494 e. The molecular weight excluding hydrogens is 228 g/mol. The number of carbonyl (C=O) groups is 1. The summed E-state index contributed by atoms with van der Waals surface area (Å²) in [5.41, 5.74) is 0.623. The van der Waals surface area contributed by atoms with Gasteiger partial charge in [0.1, 0.15) is 5.75 Å². The first-order valence-electron chi connectivity index (χ1n) is 6.12. The molecule has 96 valence electrons. The van der Waals surface area contributed by atoms with E-state index < -0.39 is 0 Å². The van der Waals surface area contributed by atoms with Crippen molar-refractivity contribution < 1.29 is 9.53 Å². The SMILES string of the molecule is CCOc1ccc(C(=O)N(CC)CCC#N)cc1. The van der Waals surface area contributed by atoms with Gasteiger partial charge < -0.3 is 9.64 Å². The number of ether oxygens (including phenoxy) is 1. The number of amides is 1. The van der Waals surface area contributed by atoms with Gasteiger partial charge in [-0.15, -0.1) is 0 Å². The molecule has 1 amide bonds. The molecule has 0 heterocycles. The summed E-state index contributed by atoms with van der Waals surface area (Å²) < 4.78 is 5.32. The van der Waals surface area contributed by atoms with Crippen LogP contribution in [0.4, 0.5) is 0 Å². The summed E-state index contributed by atoms with van der Waals surface area (Å²) in [4.78, 5) is 13.8. The lowest BCUT2D eigenvalue weighted by atomic mass is 10.2. The Kier molecular flexibility index (Phi) is 5.72. The van der Waals surface area contributed by atoms with Crippen molar-refractivity contribution in [2.24, 2.45) is 0 Å². The van der Waals surface area contributed by atoms with E-state index in [0.717, 1.165) is 5.75 Å². The number of carbonyl (C=O) groups excluding carboxylic acids is 1. The molecule has 0 saturated heterocycles. The third-order valence-corrected chi connectivity index (χ3v) is 2.57. The lowest BCUT2D eigenvalue weighted by molar-refractivity contribution is 0.0768. The average molecular weight is 246 g/mol. The Hall–Kier alpha value is -2.02. The predicted molar refractivity (Wildman–Crippen MR) is 69.4 cm³/mol. The molecule has 1 rings (SSSR count). The smallest absolute Gasteiger partial charge is 0.253 e. The van der Waals surface area contributed by atoms with E-state index in [1.165, 1.54) is 0 Å². The van der Waals surface area contributed by atoms with Crippen molar-refractivity contribution in [3.05, 3.63) is 29.8 Å². The van der Waals surface area contributed by atoms with Gasteiger partial charge in [0, 0.05) is 18.7 Å². The number of nitrogens with zero attached hydrogens (tertiary/aromatic N) is 2. The molecule has 0 aliphatic rings. The summed E-state index contributed by atoms with van der Waals surface area (Å²) in [6.07, 6.45) is 0.358. The summed E-state index contributed by atoms with van der Waals surface area (Å²) in [6, 6.07) is 9.13. The predicted octanol–water partition coefficient (Wildman–Crippen LogP) is 2.46. The molecule has 0 bridgehead atoms. The van der Waals surface area contributed by atoms with E-state index in [-0.39, 0.29) is 5.91 Å². The number of hydrogen-bond acceptors (Lipinski definition) is 3. The highest BCUT2D eigenvalue weighted by Gasteiger charge is 2.13. The van der Waals surface area contributed by atoms with Crippen LogP contribution in [-0.2, 0) is 0 Å². The molecule has 0 N–H and O–H groups in total. The van der Waals surface area contributed by atoms with E-state index in [4.69, 9.17) is 10.00 Å². The van der Waals surface area contributed by atoms with Gasteiger partial charge in [0.25, 0.3) is 5.91 Å². The molecule has 4 nitrogen and oxygen atoms in total. The molecule has 0 saturated carbocycles. The van der Waals surface area contributed by atoms with Crippen molar-refractivity contribution in [1.82, 2.24) is 4.90 Å². The number of hydrogen-bond donors (Lipinski definition) is 0. The van der Waals surface area contributed by atoms with Crippen LogP contribution in [0.2, 0.25) is 0 Å². The lowest BCUT2D eigenvalue weighted by Crippen LogP contribution is -2.31. The minimum Gasteiger partial charge on any atom is -0.494 e. The average Bonchev–Trinajstić information content (AvgIpc) is 2.40. The summed E-state index contributed by atoms with van der Waals surface area (Å²) in [5, 5.41) is 8.55. The second kappa shape index (κ2) is 7.33. The Morgan fingerprint density at radius 1 is 1.33 bits per heavy atom. The molecule has 0 aliphatic heterocycles. The summed E-state index contributed by atoms with van der Waals surface area (Å²) in [6.45, 7) is 5.51. The Bertz CT molecular complexity index is 420. The number of nitriles is 1. The normalized spacial score (nSPS) is 9.61. The van der Waals surface area contributed by atoms with Gasteiger partial charge in [0.15, 0.2) is 0 Å². The second-order valence-electron chi connectivity index (χ2n) is 3.75. The van der Waals surface area contributed by atoms with Gasteiger partial charge in [-0.05, 0) is 38.1 Å². The van der Waals surface area contributed by atoms with E-state index in [9.17, 15) is 4.79 Å².